The summed E-state index contributed by atoms with van der Waals surface area (Å²) in [7, 11) is 0. The molecule has 8 nitrogen and oxygen atoms in total. The molecule has 2 aromatic heterocycles. The number of aromatic nitrogens is 4. The molecule has 3 heterocycles. The van der Waals surface area contributed by atoms with Crippen LogP contribution in [0.25, 0.3) is 10.8 Å². The molecular weight excluding hydrogens is 337 g/mol. The molecule has 1 fully saturated rings. The van der Waals surface area contributed by atoms with Gasteiger partial charge in [0, 0.05) is 5.38 Å². The Hall–Kier alpha value is -2.50. The van der Waals surface area contributed by atoms with Gasteiger partial charge in [-0.05, 0) is 0 Å². The van der Waals surface area contributed by atoms with E-state index in [2.05, 4.69) is 20.2 Å². The molecule has 1 N–H and O–H groups in total. The lowest BCUT2D eigenvalue weighted by Crippen LogP contribution is -2.37. The van der Waals surface area contributed by atoms with Crippen molar-refractivity contribution in [3.63, 3.8) is 0 Å². The molecule has 1 saturated heterocycles. The van der Waals surface area contributed by atoms with Crippen molar-refractivity contribution in [1.82, 2.24) is 30.0 Å². The van der Waals surface area contributed by atoms with Gasteiger partial charge in [0.1, 0.15) is 25.1 Å². The summed E-state index contributed by atoms with van der Waals surface area (Å²) < 4.78 is 37.1. The molecule has 12 heteroatoms. The average Bonchev–Trinajstić information content (AvgIpc) is 3.16. The molecule has 0 aliphatic carbocycles. The van der Waals surface area contributed by atoms with E-state index in [4.69, 9.17) is 0 Å². The number of hydrogen-bond acceptors (Lipinski definition) is 6. The van der Waals surface area contributed by atoms with Crippen LogP contribution in [-0.2, 0) is 4.79 Å². The maximum absolute atomic E-state index is 12.4. The lowest BCUT2D eigenvalue weighted by Gasteiger charge is -2.18. The van der Waals surface area contributed by atoms with Crippen LogP contribution in [0.1, 0.15) is 10.5 Å². The minimum atomic E-state index is -4.51. The first-order chi connectivity index (χ1) is 10.8. The van der Waals surface area contributed by atoms with Gasteiger partial charge in [-0.3, -0.25) is 14.7 Å². The second-order valence-corrected chi connectivity index (χ2v) is 5.58. The Kier molecular flexibility index (Phi) is 3.75. The Bertz CT molecular complexity index is 728. The van der Waals surface area contributed by atoms with E-state index < -0.39 is 37.7 Å². The van der Waals surface area contributed by atoms with Gasteiger partial charge in [-0.15, -0.1) is 11.3 Å². The van der Waals surface area contributed by atoms with Crippen LogP contribution in [0.3, 0.4) is 0 Å². The Morgan fingerprint density at radius 1 is 1.43 bits per heavy atom. The number of nitrogens with zero attached hydrogens (tertiary/aromatic N) is 5. The number of halogens is 3. The van der Waals surface area contributed by atoms with E-state index in [1.165, 1.54) is 11.7 Å². The van der Waals surface area contributed by atoms with Crippen molar-refractivity contribution in [2.24, 2.45) is 0 Å². The highest BCUT2D eigenvalue weighted by atomic mass is 32.1. The normalized spacial score (nSPS) is 15.5. The van der Waals surface area contributed by atoms with E-state index in [9.17, 15) is 22.8 Å². The highest BCUT2D eigenvalue weighted by molar-refractivity contribution is 7.13. The van der Waals surface area contributed by atoms with Crippen molar-refractivity contribution in [3.05, 3.63) is 17.4 Å². The monoisotopic (exact) mass is 346 g/mol. The summed E-state index contributed by atoms with van der Waals surface area (Å²) in [5.74, 6) is -0.975. The predicted molar refractivity (Wildman–Crippen MR) is 71.2 cm³/mol. The van der Waals surface area contributed by atoms with Crippen LogP contribution in [0.4, 0.5) is 13.2 Å². The summed E-state index contributed by atoms with van der Waals surface area (Å²) in [6.07, 6.45) is -3.22. The van der Waals surface area contributed by atoms with Gasteiger partial charge >= 0.3 is 6.18 Å². The summed E-state index contributed by atoms with van der Waals surface area (Å²) in [6.45, 7) is -2.19. The maximum atomic E-state index is 12.4. The van der Waals surface area contributed by atoms with Gasteiger partial charge < -0.3 is 9.80 Å². The van der Waals surface area contributed by atoms with Crippen LogP contribution in [0, 0.1) is 0 Å². The minimum Gasteiger partial charge on any atom is -0.314 e. The van der Waals surface area contributed by atoms with E-state index in [0.29, 0.717) is 15.7 Å². The zero-order chi connectivity index (χ0) is 16.6. The predicted octanol–water partition coefficient (Wildman–Crippen LogP) is 0.732. The van der Waals surface area contributed by atoms with E-state index in [-0.39, 0.29) is 5.69 Å². The van der Waals surface area contributed by atoms with E-state index in [0.717, 1.165) is 16.2 Å². The fourth-order valence-electron chi connectivity index (χ4n) is 2.04. The average molecular weight is 346 g/mol. The molecule has 0 saturated carbocycles. The van der Waals surface area contributed by atoms with Gasteiger partial charge in [-0.1, -0.05) is 0 Å². The van der Waals surface area contributed by atoms with Crippen molar-refractivity contribution >= 4 is 23.2 Å². The first-order valence-electron chi connectivity index (χ1n) is 6.28. The van der Waals surface area contributed by atoms with Crippen LogP contribution in [-0.4, -0.2) is 67.7 Å². The fourth-order valence-corrected chi connectivity index (χ4v) is 2.78. The molecule has 23 heavy (non-hydrogen) atoms. The van der Waals surface area contributed by atoms with Crippen molar-refractivity contribution in [3.8, 4) is 10.8 Å². The van der Waals surface area contributed by atoms with E-state index in [1.807, 2.05) is 0 Å². The number of nitrogens with one attached hydrogen (secondary N) is 1. The highest BCUT2D eigenvalue weighted by Crippen LogP contribution is 2.23. The van der Waals surface area contributed by atoms with E-state index >= 15 is 0 Å². The summed E-state index contributed by atoms with van der Waals surface area (Å²) in [5, 5.41) is 8.13. The third-order valence-electron chi connectivity index (χ3n) is 3.02. The third kappa shape index (κ3) is 3.31. The number of alkyl halides is 3. The number of carbonyl (C=O) groups excluding carboxylic acids is 2. The number of rotatable bonds is 3. The van der Waals surface area contributed by atoms with Gasteiger partial charge in [-0.25, -0.2) is 9.97 Å². The van der Waals surface area contributed by atoms with Gasteiger partial charge in [0.25, 0.3) is 5.91 Å². The molecule has 122 valence electrons. The summed E-state index contributed by atoms with van der Waals surface area (Å²) >= 11 is 1.14. The van der Waals surface area contributed by atoms with Crippen molar-refractivity contribution < 1.29 is 22.8 Å². The van der Waals surface area contributed by atoms with E-state index in [1.54, 1.807) is 0 Å². The quantitative estimate of drug-likeness (QED) is 0.884. The van der Waals surface area contributed by atoms with Gasteiger partial charge in [0.2, 0.25) is 5.91 Å². The molecule has 1 aliphatic rings. The summed E-state index contributed by atoms with van der Waals surface area (Å²) in [5.41, 5.74) is 0.0445. The molecule has 0 radical (unpaired) electrons. The summed E-state index contributed by atoms with van der Waals surface area (Å²) in [6, 6.07) is 0. The lowest BCUT2D eigenvalue weighted by molar-refractivity contribution is -0.157. The molecule has 0 atom stereocenters. The molecule has 0 unspecified atom stereocenters. The van der Waals surface area contributed by atoms with Gasteiger partial charge in [-0.2, -0.15) is 18.3 Å². The molecule has 2 aromatic rings. The summed E-state index contributed by atoms with van der Waals surface area (Å²) in [4.78, 5) is 33.4. The largest absolute Gasteiger partial charge is 0.406 e. The topological polar surface area (TPSA) is 95.1 Å². The first kappa shape index (κ1) is 15.4. The number of amides is 2. The third-order valence-corrected chi connectivity index (χ3v) is 3.87. The van der Waals surface area contributed by atoms with Crippen LogP contribution >= 0.6 is 11.3 Å². The van der Waals surface area contributed by atoms with Crippen LogP contribution in [0.5, 0.6) is 0 Å². The molecule has 0 aromatic carbocycles. The standard InChI is InChI=1S/C11H9F3N6O2S/c12-11(13,14)3-20-5-19(1-7(20)21)10(22)6-2-23-9(17-6)8-15-4-16-18-8/h2,4H,1,3,5H2,(H,15,16,18). The lowest BCUT2D eigenvalue weighted by atomic mass is 10.4. The molecule has 0 spiro atoms. The molecule has 0 bridgehead atoms. The number of hydrogen-bond donors (Lipinski definition) is 1. The van der Waals surface area contributed by atoms with Gasteiger partial charge in [0.05, 0.1) is 6.67 Å². The number of H-pyrrole nitrogens is 1. The van der Waals surface area contributed by atoms with Crippen molar-refractivity contribution in [2.45, 2.75) is 6.18 Å². The zero-order valence-corrected chi connectivity index (χ0v) is 12.2. The molecule has 1 aliphatic heterocycles. The number of thiazole rings is 1. The molecular formula is C11H9F3N6O2S. The minimum absolute atomic E-state index is 0.0445. The second-order valence-electron chi connectivity index (χ2n) is 4.72. The van der Waals surface area contributed by atoms with Crippen LogP contribution in [0.15, 0.2) is 11.7 Å². The Labute approximate surface area is 130 Å². The Morgan fingerprint density at radius 3 is 2.87 bits per heavy atom. The second kappa shape index (κ2) is 5.61. The Morgan fingerprint density at radius 2 is 2.22 bits per heavy atom. The molecule has 3 rings (SSSR count). The number of carbonyl (C=O) groups is 2. The van der Waals surface area contributed by atoms with Gasteiger partial charge in [0.15, 0.2) is 10.8 Å². The van der Waals surface area contributed by atoms with Crippen LogP contribution < -0.4 is 0 Å². The fraction of sp³-hybridized carbons (Fsp3) is 0.364. The van der Waals surface area contributed by atoms with Crippen molar-refractivity contribution in [1.29, 1.82) is 0 Å². The number of aromatic amines is 1. The SMILES string of the molecule is O=C1CN(C(=O)c2csc(-c3ncn[nH]3)n2)CN1CC(F)(F)F. The maximum Gasteiger partial charge on any atom is 0.406 e. The van der Waals surface area contributed by atoms with Crippen LogP contribution in [0.2, 0.25) is 0 Å². The smallest absolute Gasteiger partial charge is 0.314 e. The van der Waals surface area contributed by atoms with Crippen molar-refractivity contribution in [2.75, 3.05) is 19.8 Å². The Balaban J connectivity index is 1.71. The zero-order valence-electron chi connectivity index (χ0n) is 11.4. The molecule has 2 amide bonds. The highest BCUT2D eigenvalue weighted by Gasteiger charge is 2.39. The first-order valence-corrected chi connectivity index (χ1v) is 7.16.